The third-order valence-electron chi connectivity index (χ3n) is 2.30. The Morgan fingerprint density at radius 1 is 1.22 bits per heavy atom. The second-order valence-electron chi connectivity index (χ2n) is 3.46. The van der Waals surface area contributed by atoms with E-state index < -0.39 is 5.97 Å². The standard InChI is InChI=1S/C12H8Cl3NO2/c1-2-18-12(17)9-5-8(15)10-6(13)3-4-7(14)11(10)16-9/h3-5H,2H2,1H3. The highest BCUT2D eigenvalue weighted by molar-refractivity contribution is 6.44. The Labute approximate surface area is 119 Å². The van der Waals surface area contributed by atoms with Gasteiger partial charge in [0.05, 0.1) is 27.2 Å². The average molecular weight is 305 g/mol. The summed E-state index contributed by atoms with van der Waals surface area (Å²) in [5, 5.41) is 1.65. The summed E-state index contributed by atoms with van der Waals surface area (Å²) in [6.45, 7) is 1.98. The van der Waals surface area contributed by atoms with Gasteiger partial charge in [0.1, 0.15) is 0 Å². The lowest BCUT2D eigenvalue weighted by molar-refractivity contribution is 0.0520. The molecule has 18 heavy (non-hydrogen) atoms. The summed E-state index contributed by atoms with van der Waals surface area (Å²) in [7, 11) is 0. The molecule has 1 aromatic carbocycles. The maximum atomic E-state index is 11.6. The van der Waals surface area contributed by atoms with Crippen molar-refractivity contribution in [2.24, 2.45) is 0 Å². The van der Waals surface area contributed by atoms with Gasteiger partial charge in [0.25, 0.3) is 0 Å². The summed E-state index contributed by atoms with van der Waals surface area (Å²) in [5.74, 6) is -0.544. The van der Waals surface area contributed by atoms with Gasteiger partial charge in [-0.25, -0.2) is 9.78 Å². The van der Waals surface area contributed by atoms with E-state index in [0.717, 1.165) is 0 Å². The summed E-state index contributed by atoms with van der Waals surface area (Å²) in [6.07, 6.45) is 0. The van der Waals surface area contributed by atoms with Gasteiger partial charge in [0.2, 0.25) is 0 Å². The second-order valence-corrected chi connectivity index (χ2v) is 4.68. The molecule has 6 heteroatoms. The van der Waals surface area contributed by atoms with Gasteiger partial charge in [-0.15, -0.1) is 0 Å². The van der Waals surface area contributed by atoms with Crippen molar-refractivity contribution in [3.05, 3.63) is 39.0 Å². The molecule has 3 nitrogen and oxygen atoms in total. The molecule has 0 fully saturated rings. The number of aromatic nitrogens is 1. The van der Waals surface area contributed by atoms with Crippen molar-refractivity contribution in [2.45, 2.75) is 6.92 Å². The number of carbonyl (C=O) groups excluding carboxylic acids is 1. The fourth-order valence-corrected chi connectivity index (χ4v) is 2.33. The molecule has 0 bridgehead atoms. The van der Waals surface area contributed by atoms with Crippen LogP contribution in [-0.2, 0) is 4.74 Å². The van der Waals surface area contributed by atoms with Crippen molar-refractivity contribution < 1.29 is 9.53 Å². The molecule has 2 rings (SSSR count). The van der Waals surface area contributed by atoms with Gasteiger partial charge in [0, 0.05) is 5.39 Å². The van der Waals surface area contributed by atoms with Crippen molar-refractivity contribution in [3.8, 4) is 0 Å². The highest BCUT2D eigenvalue weighted by Crippen LogP contribution is 2.34. The van der Waals surface area contributed by atoms with Crippen molar-refractivity contribution in [2.75, 3.05) is 6.61 Å². The first kappa shape index (κ1) is 13.4. The number of hydrogen-bond acceptors (Lipinski definition) is 3. The first-order valence-electron chi connectivity index (χ1n) is 5.16. The Hall–Kier alpha value is -1.03. The van der Waals surface area contributed by atoms with Gasteiger partial charge >= 0.3 is 5.97 Å². The number of pyridine rings is 1. The van der Waals surface area contributed by atoms with Gasteiger partial charge in [-0.1, -0.05) is 34.8 Å². The summed E-state index contributed by atoms with van der Waals surface area (Å²) in [6, 6.07) is 4.65. The fraction of sp³-hybridized carbons (Fsp3) is 0.167. The quantitative estimate of drug-likeness (QED) is 0.773. The van der Waals surface area contributed by atoms with Gasteiger partial charge in [-0.2, -0.15) is 0 Å². The van der Waals surface area contributed by atoms with E-state index in [0.29, 0.717) is 26.0 Å². The predicted octanol–water partition coefficient (Wildman–Crippen LogP) is 4.37. The molecule has 0 saturated heterocycles. The number of carbonyl (C=O) groups is 1. The molecule has 0 aliphatic heterocycles. The molecule has 0 radical (unpaired) electrons. The smallest absolute Gasteiger partial charge is 0.356 e. The maximum absolute atomic E-state index is 11.6. The summed E-state index contributed by atoms with van der Waals surface area (Å²) in [5.41, 5.74) is 0.498. The van der Waals surface area contributed by atoms with Crippen LogP contribution < -0.4 is 0 Å². The van der Waals surface area contributed by atoms with Crippen molar-refractivity contribution >= 4 is 51.7 Å². The Balaban J connectivity index is 2.69. The normalized spacial score (nSPS) is 10.7. The van der Waals surface area contributed by atoms with E-state index in [4.69, 9.17) is 39.5 Å². The van der Waals surface area contributed by atoms with Crippen LogP contribution in [0.4, 0.5) is 0 Å². The monoisotopic (exact) mass is 303 g/mol. The number of nitrogens with zero attached hydrogens (tertiary/aromatic N) is 1. The number of rotatable bonds is 2. The SMILES string of the molecule is CCOC(=O)c1cc(Cl)c2c(Cl)ccc(Cl)c2n1. The average Bonchev–Trinajstić information content (AvgIpc) is 2.33. The third-order valence-corrected chi connectivity index (χ3v) is 3.21. The van der Waals surface area contributed by atoms with Crippen LogP contribution in [0.15, 0.2) is 18.2 Å². The first-order chi connectivity index (χ1) is 8.54. The van der Waals surface area contributed by atoms with E-state index in [1.54, 1.807) is 19.1 Å². The highest BCUT2D eigenvalue weighted by Gasteiger charge is 2.15. The molecule has 0 aliphatic rings. The molecule has 0 saturated carbocycles. The van der Waals surface area contributed by atoms with E-state index >= 15 is 0 Å². The minimum atomic E-state index is -0.544. The Morgan fingerprint density at radius 3 is 2.56 bits per heavy atom. The molecular weight excluding hydrogens is 296 g/mol. The second kappa shape index (κ2) is 5.31. The highest BCUT2D eigenvalue weighted by atomic mass is 35.5. The minimum Gasteiger partial charge on any atom is -0.461 e. The maximum Gasteiger partial charge on any atom is 0.356 e. The van der Waals surface area contributed by atoms with Crippen LogP contribution in [0, 0.1) is 0 Å². The Kier molecular flexibility index (Phi) is 3.95. The van der Waals surface area contributed by atoms with Crippen LogP contribution in [0.5, 0.6) is 0 Å². The summed E-state index contributed by atoms with van der Waals surface area (Å²) < 4.78 is 4.87. The van der Waals surface area contributed by atoms with E-state index in [2.05, 4.69) is 4.98 Å². The summed E-state index contributed by atoms with van der Waals surface area (Å²) in [4.78, 5) is 15.8. The number of hydrogen-bond donors (Lipinski definition) is 0. The van der Waals surface area contributed by atoms with Crippen LogP contribution in [0.2, 0.25) is 15.1 Å². The fourth-order valence-electron chi connectivity index (χ4n) is 1.53. The van der Waals surface area contributed by atoms with Gasteiger partial charge in [-0.3, -0.25) is 0 Å². The minimum absolute atomic E-state index is 0.110. The topological polar surface area (TPSA) is 39.2 Å². The zero-order valence-corrected chi connectivity index (χ0v) is 11.6. The largest absolute Gasteiger partial charge is 0.461 e. The lowest BCUT2D eigenvalue weighted by Crippen LogP contribution is -2.07. The van der Waals surface area contributed by atoms with E-state index in [9.17, 15) is 4.79 Å². The predicted molar refractivity (Wildman–Crippen MR) is 72.7 cm³/mol. The number of ether oxygens (including phenoxy) is 1. The molecule has 0 aliphatic carbocycles. The van der Waals surface area contributed by atoms with Gasteiger partial charge < -0.3 is 4.74 Å². The van der Waals surface area contributed by atoms with Gasteiger partial charge in [0.15, 0.2) is 5.69 Å². The molecule has 0 N–H and O–H groups in total. The zero-order valence-electron chi connectivity index (χ0n) is 9.34. The molecule has 1 heterocycles. The van der Waals surface area contributed by atoms with Crippen LogP contribution >= 0.6 is 34.8 Å². The third kappa shape index (κ3) is 2.39. The molecule has 0 atom stereocenters. The Bertz CT molecular complexity index is 628. The molecule has 0 amide bonds. The summed E-state index contributed by atoms with van der Waals surface area (Å²) >= 11 is 18.1. The number of esters is 1. The number of fused-ring (bicyclic) bond motifs is 1. The lowest BCUT2D eigenvalue weighted by Gasteiger charge is -2.07. The van der Waals surface area contributed by atoms with Crippen molar-refractivity contribution in [3.63, 3.8) is 0 Å². The Morgan fingerprint density at radius 2 is 1.89 bits per heavy atom. The molecule has 1 aromatic heterocycles. The van der Waals surface area contributed by atoms with Crippen molar-refractivity contribution in [1.82, 2.24) is 4.98 Å². The van der Waals surface area contributed by atoms with Crippen molar-refractivity contribution in [1.29, 1.82) is 0 Å². The van der Waals surface area contributed by atoms with E-state index in [-0.39, 0.29) is 12.3 Å². The first-order valence-corrected chi connectivity index (χ1v) is 6.29. The lowest BCUT2D eigenvalue weighted by atomic mass is 10.2. The zero-order chi connectivity index (χ0) is 13.3. The molecule has 0 spiro atoms. The van der Waals surface area contributed by atoms with Crippen LogP contribution in [0.3, 0.4) is 0 Å². The van der Waals surface area contributed by atoms with E-state index in [1.807, 2.05) is 0 Å². The van der Waals surface area contributed by atoms with Crippen LogP contribution in [0.25, 0.3) is 10.9 Å². The molecule has 2 aromatic rings. The van der Waals surface area contributed by atoms with E-state index in [1.165, 1.54) is 6.07 Å². The molecule has 0 unspecified atom stereocenters. The number of benzene rings is 1. The molecular formula is C12H8Cl3NO2. The molecule has 94 valence electrons. The van der Waals surface area contributed by atoms with Crippen LogP contribution in [0.1, 0.15) is 17.4 Å². The van der Waals surface area contributed by atoms with Gasteiger partial charge in [-0.05, 0) is 25.1 Å². The van der Waals surface area contributed by atoms with Crippen LogP contribution in [-0.4, -0.2) is 17.6 Å². The number of halogens is 3.